The SMILES string of the molecule is CC(C)Oc1c(F)cc(C=C2C(=O)OC(C)(C)OC2=O)cc1F. The minimum absolute atomic E-state index is 0.0280. The fraction of sp³-hybridized carbons (Fsp3) is 0.375. The van der Waals surface area contributed by atoms with E-state index >= 15 is 0 Å². The maximum atomic E-state index is 13.9. The third kappa shape index (κ3) is 3.85. The molecule has 1 aliphatic heterocycles. The van der Waals surface area contributed by atoms with Crippen LogP contribution < -0.4 is 4.74 Å². The Balaban J connectivity index is 2.36. The number of ether oxygens (including phenoxy) is 3. The van der Waals surface area contributed by atoms with Crippen LogP contribution in [0.3, 0.4) is 0 Å². The average Bonchev–Trinajstić information content (AvgIpc) is 2.37. The van der Waals surface area contributed by atoms with Crippen LogP contribution in [0.5, 0.6) is 5.75 Å². The predicted molar refractivity (Wildman–Crippen MR) is 76.4 cm³/mol. The van der Waals surface area contributed by atoms with E-state index in [0.717, 1.165) is 18.2 Å². The summed E-state index contributed by atoms with van der Waals surface area (Å²) in [6, 6.07) is 1.90. The van der Waals surface area contributed by atoms with Crippen molar-refractivity contribution in [1.29, 1.82) is 0 Å². The molecule has 0 atom stereocenters. The smallest absolute Gasteiger partial charge is 0.348 e. The molecule has 0 N–H and O–H groups in total. The van der Waals surface area contributed by atoms with E-state index in [1.54, 1.807) is 13.8 Å². The van der Waals surface area contributed by atoms with Gasteiger partial charge >= 0.3 is 11.9 Å². The lowest BCUT2D eigenvalue weighted by Crippen LogP contribution is -2.41. The Hall–Kier alpha value is -2.44. The van der Waals surface area contributed by atoms with E-state index in [1.807, 2.05) is 0 Å². The molecule has 5 nitrogen and oxygen atoms in total. The van der Waals surface area contributed by atoms with Crippen molar-refractivity contribution in [2.24, 2.45) is 0 Å². The Labute approximate surface area is 131 Å². The number of halogens is 2. The number of carbonyl (C=O) groups excluding carboxylic acids is 2. The van der Waals surface area contributed by atoms with Crippen LogP contribution in [-0.4, -0.2) is 23.8 Å². The number of hydrogen-bond donors (Lipinski definition) is 0. The number of esters is 2. The van der Waals surface area contributed by atoms with Crippen LogP contribution in [0, 0.1) is 11.6 Å². The summed E-state index contributed by atoms with van der Waals surface area (Å²) in [5.41, 5.74) is -0.472. The first kappa shape index (κ1) is 16.9. The van der Waals surface area contributed by atoms with Crippen molar-refractivity contribution in [3.05, 3.63) is 34.9 Å². The second kappa shape index (κ2) is 5.98. The highest BCUT2D eigenvalue weighted by molar-refractivity contribution is 6.18. The molecule has 1 aromatic carbocycles. The van der Waals surface area contributed by atoms with Crippen molar-refractivity contribution in [3.8, 4) is 5.75 Å². The van der Waals surface area contributed by atoms with Crippen LogP contribution in [-0.2, 0) is 19.1 Å². The maximum Gasteiger partial charge on any atom is 0.348 e. The molecule has 0 aliphatic carbocycles. The molecule has 0 unspecified atom stereocenters. The molecule has 1 aliphatic rings. The van der Waals surface area contributed by atoms with E-state index in [-0.39, 0.29) is 5.56 Å². The Morgan fingerprint density at radius 1 is 1.09 bits per heavy atom. The van der Waals surface area contributed by atoms with Gasteiger partial charge in [0.2, 0.25) is 0 Å². The predicted octanol–water partition coefficient (Wildman–Crippen LogP) is 2.97. The summed E-state index contributed by atoms with van der Waals surface area (Å²) >= 11 is 0. The number of benzene rings is 1. The summed E-state index contributed by atoms with van der Waals surface area (Å²) in [4.78, 5) is 23.6. The van der Waals surface area contributed by atoms with Crippen molar-refractivity contribution in [3.63, 3.8) is 0 Å². The highest BCUT2D eigenvalue weighted by atomic mass is 19.1. The third-order valence-corrected chi connectivity index (χ3v) is 2.80. The zero-order chi connectivity index (χ0) is 17.4. The first-order valence-corrected chi connectivity index (χ1v) is 6.93. The molecule has 7 heteroatoms. The Morgan fingerprint density at radius 3 is 2.00 bits per heavy atom. The van der Waals surface area contributed by atoms with E-state index in [9.17, 15) is 18.4 Å². The van der Waals surface area contributed by atoms with Crippen molar-refractivity contribution in [2.75, 3.05) is 0 Å². The van der Waals surface area contributed by atoms with Crippen LogP contribution in [0.15, 0.2) is 17.7 Å². The topological polar surface area (TPSA) is 61.8 Å². The highest BCUT2D eigenvalue weighted by Crippen LogP contribution is 2.28. The van der Waals surface area contributed by atoms with Crippen LogP contribution in [0.2, 0.25) is 0 Å². The summed E-state index contributed by atoms with van der Waals surface area (Å²) in [5.74, 6) is -5.62. The fourth-order valence-electron chi connectivity index (χ4n) is 1.96. The van der Waals surface area contributed by atoms with Crippen molar-refractivity contribution in [1.82, 2.24) is 0 Å². The molecule has 124 valence electrons. The largest absolute Gasteiger partial charge is 0.485 e. The van der Waals surface area contributed by atoms with Crippen LogP contribution in [0.25, 0.3) is 6.08 Å². The van der Waals surface area contributed by atoms with Gasteiger partial charge in [-0.3, -0.25) is 0 Å². The molecular formula is C16H16F2O5. The normalized spacial score (nSPS) is 16.9. The van der Waals surface area contributed by atoms with Gasteiger partial charge in [-0.2, -0.15) is 0 Å². The molecule has 0 saturated carbocycles. The van der Waals surface area contributed by atoms with Gasteiger partial charge in [0.1, 0.15) is 5.57 Å². The summed E-state index contributed by atoms with van der Waals surface area (Å²) in [6.07, 6.45) is 0.597. The third-order valence-electron chi connectivity index (χ3n) is 2.80. The molecule has 0 amide bonds. The molecule has 0 aromatic heterocycles. The average molecular weight is 326 g/mol. The number of hydrogen-bond acceptors (Lipinski definition) is 5. The summed E-state index contributed by atoms with van der Waals surface area (Å²) < 4.78 is 42.7. The lowest BCUT2D eigenvalue weighted by Gasteiger charge is -2.29. The van der Waals surface area contributed by atoms with Gasteiger partial charge < -0.3 is 14.2 Å². The standard InChI is InChI=1S/C16H16F2O5/c1-8(2)21-13-11(17)6-9(7-12(13)18)5-10-14(19)22-16(3,4)23-15(10)20/h5-8H,1-4H3. The zero-order valence-corrected chi connectivity index (χ0v) is 13.1. The van der Waals surface area contributed by atoms with Crippen molar-refractivity contribution >= 4 is 18.0 Å². The Morgan fingerprint density at radius 2 is 1.57 bits per heavy atom. The molecule has 0 spiro atoms. The van der Waals surface area contributed by atoms with Crippen LogP contribution in [0.1, 0.15) is 33.3 Å². The molecule has 23 heavy (non-hydrogen) atoms. The first-order chi connectivity index (χ1) is 10.6. The van der Waals surface area contributed by atoms with E-state index < -0.39 is 46.8 Å². The molecular weight excluding hydrogens is 310 g/mol. The lowest BCUT2D eigenvalue weighted by atomic mass is 10.1. The molecule has 0 bridgehead atoms. The summed E-state index contributed by atoms with van der Waals surface area (Å²) in [6.45, 7) is 6.06. The summed E-state index contributed by atoms with van der Waals surface area (Å²) in [5, 5.41) is 0. The number of rotatable bonds is 3. The van der Waals surface area contributed by atoms with Gasteiger partial charge in [0.25, 0.3) is 5.79 Å². The molecule has 1 aromatic rings. The molecule has 1 heterocycles. The lowest BCUT2D eigenvalue weighted by molar-refractivity contribution is -0.222. The van der Waals surface area contributed by atoms with Crippen molar-refractivity contribution < 1.29 is 32.6 Å². The zero-order valence-electron chi connectivity index (χ0n) is 13.1. The number of carbonyl (C=O) groups is 2. The van der Waals surface area contributed by atoms with Gasteiger partial charge in [-0.1, -0.05) is 0 Å². The van der Waals surface area contributed by atoms with Gasteiger partial charge in [-0.05, 0) is 37.6 Å². The Bertz CT molecular complexity index is 647. The second-order valence-electron chi connectivity index (χ2n) is 5.72. The quantitative estimate of drug-likeness (QED) is 0.485. The fourth-order valence-corrected chi connectivity index (χ4v) is 1.96. The van der Waals surface area contributed by atoms with E-state index in [4.69, 9.17) is 14.2 Å². The van der Waals surface area contributed by atoms with Gasteiger partial charge in [0, 0.05) is 13.8 Å². The monoisotopic (exact) mass is 326 g/mol. The summed E-state index contributed by atoms with van der Waals surface area (Å²) in [7, 11) is 0. The Kier molecular flexibility index (Phi) is 4.40. The second-order valence-corrected chi connectivity index (χ2v) is 5.72. The molecule has 1 fully saturated rings. The maximum absolute atomic E-state index is 13.9. The minimum atomic E-state index is -1.38. The van der Waals surface area contributed by atoms with Gasteiger partial charge in [-0.15, -0.1) is 0 Å². The van der Waals surface area contributed by atoms with Gasteiger partial charge in [0.15, 0.2) is 17.4 Å². The highest BCUT2D eigenvalue weighted by Gasteiger charge is 2.38. The van der Waals surface area contributed by atoms with Gasteiger partial charge in [0.05, 0.1) is 6.10 Å². The molecule has 2 rings (SSSR count). The molecule has 0 radical (unpaired) electrons. The van der Waals surface area contributed by atoms with E-state index in [2.05, 4.69) is 0 Å². The van der Waals surface area contributed by atoms with Crippen LogP contribution in [0.4, 0.5) is 8.78 Å². The first-order valence-electron chi connectivity index (χ1n) is 6.93. The molecule has 1 saturated heterocycles. The number of cyclic esters (lactones) is 2. The van der Waals surface area contributed by atoms with Crippen LogP contribution >= 0.6 is 0 Å². The van der Waals surface area contributed by atoms with Crippen molar-refractivity contribution in [2.45, 2.75) is 39.6 Å². The van der Waals surface area contributed by atoms with E-state index in [0.29, 0.717) is 0 Å². The van der Waals surface area contributed by atoms with E-state index in [1.165, 1.54) is 13.8 Å². The minimum Gasteiger partial charge on any atom is -0.485 e. The van der Waals surface area contributed by atoms with Gasteiger partial charge in [-0.25, -0.2) is 18.4 Å².